The van der Waals surface area contributed by atoms with E-state index in [-0.39, 0.29) is 11.9 Å². The number of hydrogen-bond acceptors (Lipinski definition) is 2. The van der Waals surface area contributed by atoms with Crippen LogP contribution in [-0.2, 0) is 6.54 Å². The molecule has 1 aliphatic rings. The summed E-state index contributed by atoms with van der Waals surface area (Å²) in [6.45, 7) is 3.38. The fourth-order valence-electron chi connectivity index (χ4n) is 2.16. The van der Waals surface area contributed by atoms with Gasteiger partial charge in [0.2, 0.25) is 5.96 Å². The van der Waals surface area contributed by atoms with Crippen LogP contribution in [0.5, 0.6) is 0 Å². The Bertz CT molecular complexity index is 466. The standard InChI is InChI=1S/C13H20N6/c14-12(15)18-13(16)17-11-5-3-10(4-6-11)9-19-7-1-2-8-19/h3-6H,1-2,7-9H2,(H6,14,15,16,17,18). The van der Waals surface area contributed by atoms with E-state index in [1.54, 1.807) is 0 Å². The maximum absolute atomic E-state index is 5.57. The second kappa shape index (κ2) is 6.19. The molecule has 1 aromatic rings. The Kier molecular flexibility index (Phi) is 4.35. The van der Waals surface area contributed by atoms with E-state index in [0.29, 0.717) is 0 Å². The number of aliphatic imine (C=N–C) groups is 2. The zero-order valence-corrected chi connectivity index (χ0v) is 10.9. The molecular weight excluding hydrogens is 240 g/mol. The normalized spacial score (nSPS) is 16.5. The first-order valence-electron chi connectivity index (χ1n) is 6.38. The zero-order valence-electron chi connectivity index (χ0n) is 10.9. The average Bonchev–Trinajstić information content (AvgIpc) is 2.83. The summed E-state index contributed by atoms with van der Waals surface area (Å²) in [7, 11) is 0. The molecule has 0 amide bonds. The highest BCUT2D eigenvalue weighted by Gasteiger charge is 2.11. The third kappa shape index (κ3) is 4.26. The highest BCUT2D eigenvalue weighted by Crippen LogP contribution is 2.16. The lowest BCUT2D eigenvalue weighted by Gasteiger charge is -2.14. The molecule has 0 bridgehead atoms. The highest BCUT2D eigenvalue weighted by atomic mass is 15.1. The van der Waals surface area contributed by atoms with E-state index in [0.717, 1.165) is 12.2 Å². The first-order chi connectivity index (χ1) is 9.13. The SMILES string of the molecule is NC(N)=NC(N)=Nc1ccc(CN2CCCC2)cc1. The number of nitrogens with zero attached hydrogens (tertiary/aromatic N) is 3. The van der Waals surface area contributed by atoms with Gasteiger partial charge >= 0.3 is 0 Å². The van der Waals surface area contributed by atoms with Crippen LogP contribution in [0, 0.1) is 0 Å². The van der Waals surface area contributed by atoms with Crippen molar-refractivity contribution >= 4 is 17.6 Å². The second-order valence-corrected chi connectivity index (χ2v) is 4.66. The summed E-state index contributed by atoms with van der Waals surface area (Å²) in [6, 6.07) is 7.95. The van der Waals surface area contributed by atoms with Gasteiger partial charge in [0.1, 0.15) is 0 Å². The van der Waals surface area contributed by atoms with Crippen molar-refractivity contribution in [3.05, 3.63) is 29.8 Å². The molecule has 6 heteroatoms. The average molecular weight is 260 g/mol. The molecule has 0 saturated carbocycles. The lowest BCUT2D eigenvalue weighted by Crippen LogP contribution is -2.26. The van der Waals surface area contributed by atoms with E-state index >= 15 is 0 Å². The minimum atomic E-state index is -0.0908. The number of guanidine groups is 2. The molecule has 0 spiro atoms. The summed E-state index contributed by atoms with van der Waals surface area (Å²) in [5.74, 6) is -0.0285. The lowest BCUT2D eigenvalue weighted by atomic mass is 10.2. The second-order valence-electron chi connectivity index (χ2n) is 4.66. The van der Waals surface area contributed by atoms with Gasteiger partial charge in [-0.2, -0.15) is 4.99 Å². The maximum atomic E-state index is 5.57. The maximum Gasteiger partial charge on any atom is 0.223 e. The molecule has 1 aromatic carbocycles. The molecule has 6 N–H and O–H groups in total. The summed E-state index contributed by atoms with van der Waals surface area (Å²) >= 11 is 0. The summed E-state index contributed by atoms with van der Waals surface area (Å²) in [5.41, 5.74) is 18.0. The fraction of sp³-hybridized carbons (Fsp3) is 0.385. The predicted octanol–water partition coefficient (Wildman–Crippen LogP) is 0.502. The molecule has 1 saturated heterocycles. The van der Waals surface area contributed by atoms with Gasteiger partial charge in [-0.05, 0) is 43.6 Å². The number of likely N-dealkylation sites (tertiary alicyclic amines) is 1. The quantitative estimate of drug-likeness (QED) is 0.543. The van der Waals surface area contributed by atoms with Crippen LogP contribution < -0.4 is 17.2 Å². The van der Waals surface area contributed by atoms with Gasteiger partial charge in [0, 0.05) is 6.54 Å². The van der Waals surface area contributed by atoms with Crippen LogP contribution in [0.25, 0.3) is 0 Å². The number of hydrogen-bond donors (Lipinski definition) is 3. The van der Waals surface area contributed by atoms with Crippen LogP contribution in [0.3, 0.4) is 0 Å². The van der Waals surface area contributed by atoms with Crippen LogP contribution in [0.1, 0.15) is 18.4 Å². The fourth-order valence-corrected chi connectivity index (χ4v) is 2.16. The monoisotopic (exact) mass is 260 g/mol. The van der Waals surface area contributed by atoms with E-state index < -0.39 is 0 Å². The molecule has 1 heterocycles. The zero-order chi connectivity index (χ0) is 13.7. The molecule has 0 unspecified atom stereocenters. The molecule has 19 heavy (non-hydrogen) atoms. The van der Waals surface area contributed by atoms with E-state index in [2.05, 4.69) is 27.0 Å². The van der Waals surface area contributed by atoms with Gasteiger partial charge in [-0.3, -0.25) is 4.90 Å². The highest BCUT2D eigenvalue weighted by molar-refractivity contribution is 5.93. The Hall–Kier alpha value is -2.08. The van der Waals surface area contributed by atoms with Crippen LogP contribution in [0.4, 0.5) is 5.69 Å². The Morgan fingerprint density at radius 2 is 1.68 bits per heavy atom. The van der Waals surface area contributed by atoms with Gasteiger partial charge in [0.15, 0.2) is 5.96 Å². The Labute approximate surface area is 113 Å². The first-order valence-corrected chi connectivity index (χ1v) is 6.38. The van der Waals surface area contributed by atoms with E-state index in [9.17, 15) is 0 Å². The van der Waals surface area contributed by atoms with Crippen LogP contribution in [0.2, 0.25) is 0 Å². The van der Waals surface area contributed by atoms with Crippen molar-refractivity contribution < 1.29 is 0 Å². The van der Waals surface area contributed by atoms with Gasteiger partial charge < -0.3 is 17.2 Å². The Balaban J connectivity index is 1.99. The smallest absolute Gasteiger partial charge is 0.223 e. The molecule has 0 aliphatic carbocycles. The molecule has 0 atom stereocenters. The summed E-state index contributed by atoms with van der Waals surface area (Å²) in [5, 5.41) is 0. The molecule has 0 aromatic heterocycles. The van der Waals surface area contributed by atoms with Crippen molar-refractivity contribution in [1.82, 2.24) is 4.90 Å². The van der Waals surface area contributed by atoms with Crippen molar-refractivity contribution in [2.45, 2.75) is 19.4 Å². The van der Waals surface area contributed by atoms with Gasteiger partial charge in [-0.1, -0.05) is 12.1 Å². The molecule has 1 aliphatic heterocycles. The summed E-state index contributed by atoms with van der Waals surface area (Å²) in [4.78, 5) is 10.2. The van der Waals surface area contributed by atoms with E-state index in [1.165, 1.54) is 31.5 Å². The minimum absolute atomic E-state index is 0.0623. The van der Waals surface area contributed by atoms with Crippen LogP contribution in [-0.4, -0.2) is 29.9 Å². The molecule has 2 rings (SSSR count). The van der Waals surface area contributed by atoms with Crippen molar-refractivity contribution in [3.8, 4) is 0 Å². The van der Waals surface area contributed by atoms with E-state index in [1.807, 2.05) is 12.1 Å². The number of rotatable bonds is 3. The van der Waals surface area contributed by atoms with E-state index in [4.69, 9.17) is 17.2 Å². The third-order valence-electron chi connectivity index (χ3n) is 3.03. The van der Waals surface area contributed by atoms with Gasteiger partial charge in [0.25, 0.3) is 0 Å². The third-order valence-corrected chi connectivity index (χ3v) is 3.03. The lowest BCUT2D eigenvalue weighted by molar-refractivity contribution is 0.331. The van der Waals surface area contributed by atoms with Gasteiger partial charge in [-0.15, -0.1) is 0 Å². The molecule has 1 fully saturated rings. The van der Waals surface area contributed by atoms with Crippen LogP contribution in [0.15, 0.2) is 34.3 Å². The molecule has 6 nitrogen and oxygen atoms in total. The topological polar surface area (TPSA) is 106 Å². The Morgan fingerprint density at radius 1 is 1.05 bits per heavy atom. The van der Waals surface area contributed by atoms with Crippen LogP contribution >= 0.6 is 0 Å². The minimum Gasteiger partial charge on any atom is -0.370 e. The number of benzene rings is 1. The largest absolute Gasteiger partial charge is 0.370 e. The predicted molar refractivity (Wildman–Crippen MR) is 78.0 cm³/mol. The van der Waals surface area contributed by atoms with Crippen molar-refractivity contribution in [2.24, 2.45) is 27.2 Å². The molecule has 0 radical (unpaired) electrons. The molecule has 102 valence electrons. The summed E-state index contributed by atoms with van der Waals surface area (Å²) in [6.07, 6.45) is 2.61. The van der Waals surface area contributed by atoms with Crippen molar-refractivity contribution in [2.75, 3.05) is 13.1 Å². The summed E-state index contributed by atoms with van der Waals surface area (Å²) < 4.78 is 0. The van der Waals surface area contributed by atoms with Gasteiger partial charge in [0.05, 0.1) is 5.69 Å². The first kappa shape index (κ1) is 13.4. The van der Waals surface area contributed by atoms with Gasteiger partial charge in [-0.25, -0.2) is 4.99 Å². The Morgan fingerprint density at radius 3 is 2.26 bits per heavy atom. The van der Waals surface area contributed by atoms with Crippen molar-refractivity contribution in [1.29, 1.82) is 0 Å². The van der Waals surface area contributed by atoms with Crippen molar-refractivity contribution in [3.63, 3.8) is 0 Å². The molecular formula is C13H20N6. The number of nitrogens with two attached hydrogens (primary N) is 3.